The molecule has 7 nitrogen and oxygen atoms in total. The van der Waals surface area contributed by atoms with Gasteiger partial charge in [0.15, 0.2) is 22.5 Å². The van der Waals surface area contributed by atoms with E-state index in [9.17, 15) is 4.39 Å². The number of allylic oxidation sites excluding steroid dienone is 1. The summed E-state index contributed by atoms with van der Waals surface area (Å²) in [6, 6.07) is 8.31. The second-order valence-corrected chi connectivity index (χ2v) is 7.69. The molecule has 0 saturated carbocycles. The Bertz CT molecular complexity index is 1200. The second kappa shape index (κ2) is 8.66. The van der Waals surface area contributed by atoms with E-state index in [1.54, 1.807) is 24.3 Å². The van der Waals surface area contributed by atoms with Crippen LogP contribution in [-0.2, 0) is 18.9 Å². The monoisotopic (exact) mass is 424 g/mol. The summed E-state index contributed by atoms with van der Waals surface area (Å²) >= 11 is 1.52. The van der Waals surface area contributed by atoms with Crippen molar-refractivity contribution in [1.82, 2.24) is 29.1 Å². The lowest BCUT2D eigenvalue weighted by molar-refractivity contribution is 0.275. The van der Waals surface area contributed by atoms with Crippen molar-refractivity contribution >= 4 is 17.5 Å². The number of aromatic nitrogens is 6. The Hall–Kier alpha value is -3.20. The first-order valence-electron chi connectivity index (χ1n) is 9.40. The topological polar surface area (TPSA) is 70.1 Å². The SMILES string of the molecule is C=CCn1c(COc2ccccc2F)nnc1SCc1cn2c(C)cc(C)nc2n1. The summed E-state index contributed by atoms with van der Waals surface area (Å²) in [5.41, 5.74) is 2.93. The molecule has 0 radical (unpaired) electrons. The van der Waals surface area contributed by atoms with Crippen LogP contribution in [-0.4, -0.2) is 29.1 Å². The molecule has 0 spiro atoms. The smallest absolute Gasteiger partial charge is 0.234 e. The number of thioether (sulfide) groups is 1. The van der Waals surface area contributed by atoms with Crippen molar-refractivity contribution in [3.63, 3.8) is 0 Å². The molecule has 3 aromatic heterocycles. The largest absolute Gasteiger partial charge is 0.483 e. The fourth-order valence-electron chi connectivity index (χ4n) is 3.08. The third-order valence-corrected chi connectivity index (χ3v) is 5.46. The van der Waals surface area contributed by atoms with Crippen molar-refractivity contribution in [2.45, 2.75) is 37.9 Å². The summed E-state index contributed by atoms with van der Waals surface area (Å²) in [5, 5.41) is 9.22. The third-order valence-electron chi connectivity index (χ3n) is 4.46. The fraction of sp³-hybridized carbons (Fsp3) is 0.238. The molecule has 0 aliphatic heterocycles. The maximum atomic E-state index is 13.8. The number of hydrogen-bond donors (Lipinski definition) is 0. The first-order valence-corrected chi connectivity index (χ1v) is 10.4. The van der Waals surface area contributed by atoms with Crippen LogP contribution in [0.4, 0.5) is 4.39 Å². The Labute approximate surface area is 177 Å². The number of para-hydroxylation sites is 1. The number of aryl methyl sites for hydroxylation is 2. The van der Waals surface area contributed by atoms with Crippen molar-refractivity contribution in [1.29, 1.82) is 0 Å². The molecular weight excluding hydrogens is 403 g/mol. The van der Waals surface area contributed by atoms with E-state index in [1.165, 1.54) is 17.8 Å². The van der Waals surface area contributed by atoms with Crippen LogP contribution < -0.4 is 4.74 Å². The first kappa shape index (κ1) is 20.1. The van der Waals surface area contributed by atoms with Crippen LogP contribution in [0.3, 0.4) is 0 Å². The number of ether oxygens (including phenoxy) is 1. The number of nitrogens with zero attached hydrogens (tertiary/aromatic N) is 6. The molecule has 0 amide bonds. The first-order chi connectivity index (χ1) is 14.5. The Morgan fingerprint density at radius 3 is 2.83 bits per heavy atom. The molecule has 0 atom stereocenters. The van der Waals surface area contributed by atoms with Gasteiger partial charge in [-0.3, -0.25) is 8.97 Å². The average Bonchev–Trinajstić information content (AvgIpc) is 3.30. The lowest BCUT2D eigenvalue weighted by atomic mass is 10.3. The molecule has 3 heterocycles. The Morgan fingerprint density at radius 1 is 1.20 bits per heavy atom. The molecule has 0 unspecified atom stereocenters. The van der Waals surface area contributed by atoms with E-state index in [-0.39, 0.29) is 12.4 Å². The van der Waals surface area contributed by atoms with Gasteiger partial charge in [-0.25, -0.2) is 14.4 Å². The highest BCUT2D eigenvalue weighted by Gasteiger charge is 2.15. The molecule has 0 aliphatic carbocycles. The van der Waals surface area contributed by atoms with Crippen molar-refractivity contribution < 1.29 is 9.13 Å². The zero-order valence-corrected chi connectivity index (χ0v) is 17.6. The van der Waals surface area contributed by atoms with Gasteiger partial charge in [-0.15, -0.1) is 16.8 Å². The minimum Gasteiger partial charge on any atom is -0.483 e. The summed E-state index contributed by atoms with van der Waals surface area (Å²) in [6.07, 6.45) is 3.75. The highest BCUT2D eigenvalue weighted by Crippen LogP contribution is 2.23. The number of halogens is 1. The van der Waals surface area contributed by atoms with Crippen molar-refractivity contribution in [3.8, 4) is 5.75 Å². The zero-order valence-electron chi connectivity index (χ0n) is 16.7. The van der Waals surface area contributed by atoms with E-state index in [1.807, 2.05) is 35.1 Å². The van der Waals surface area contributed by atoms with Gasteiger partial charge in [0.1, 0.15) is 6.61 Å². The van der Waals surface area contributed by atoms with Gasteiger partial charge in [-0.2, -0.15) is 0 Å². The van der Waals surface area contributed by atoms with Gasteiger partial charge in [0, 0.05) is 29.9 Å². The molecule has 0 fully saturated rings. The number of hydrogen-bond acceptors (Lipinski definition) is 6. The number of benzene rings is 1. The second-order valence-electron chi connectivity index (χ2n) is 6.75. The molecule has 9 heteroatoms. The lowest BCUT2D eigenvalue weighted by Crippen LogP contribution is -2.08. The van der Waals surface area contributed by atoms with E-state index < -0.39 is 5.82 Å². The summed E-state index contributed by atoms with van der Waals surface area (Å²) in [5.74, 6) is 1.68. The normalized spacial score (nSPS) is 11.2. The number of rotatable bonds is 8. The summed E-state index contributed by atoms with van der Waals surface area (Å²) in [4.78, 5) is 9.08. The highest BCUT2D eigenvalue weighted by molar-refractivity contribution is 7.98. The fourth-order valence-corrected chi connectivity index (χ4v) is 3.93. The average molecular weight is 425 g/mol. The number of imidazole rings is 1. The molecule has 4 rings (SSSR count). The minimum absolute atomic E-state index is 0.110. The van der Waals surface area contributed by atoms with E-state index in [0.717, 1.165) is 22.2 Å². The lowest BCUT2D eigenvalue weighted by Gasteiger charge is -2.09. The molecule has 154 valence electrons. The molecule has 4 aromatic rings. The van der Waals surface area contributed by atoms with Gasteiger partial charge in [-0.05, 0) is 32.0 Å². The van der Waals surface area contributed by atoms with Crippen LogP contribution in [0.15, 0.2) is 54.3 Å². The Balaban J connectivity index is 1.49. The van der Waals surface area contributed by atoms with Crippen LogP contribution >= 0.6 is 11.8 Å². The Kier molecular flexibility index (Phi) is 5.80. The molecule has 30 heavy (non-hydrogen) atoms. The Morgan fingerprint density at radius 2 is 2.03 bits per heavy atom. The van der Waals surface area contributed by atoms with Gasteiger partial charge in [0.2, 0.25) is 5.78 Å². The standard InChI is InChI=1S/C21H21FN6OS/c1-4-9-27-19(12-29-18-8-6-5-7-17(18)22)25-26-21(27)30-13-16-11-28-15(3)10-14(2)23-20(28)24-16/h4-8,10-11H,1,9,12-13H2,2-3H3. The van der Waals surface area contributed by atoms with Gasteiger partial charge in [0.25, 0.3) is 0 Å². The van der Waals surface area contributed by atoms with Crippen LogP contribution in [0.1, 0.15) is 22.9 Å². The van der Waals surface area contributed by atoms with Gasteiger partial charge in [0.05, 0.1) is 5.69 Å². The molecule has 0 aliphatic rings. The third kappa shape index (κ3) is 4.20. The van der Waals surface area contributed by atoms with Crippen LogP contribution in [0.25, 0.3) is 5.78 Å². The van der Waals surface area contributed by atoms with Crippen molar-refractivity contribution in [3.05, 3.63) is 77.9 Å². The molecule has 0 saturated heterocycles. The molecular formula is C21H21FN6OS. The van der Waals surface area contributed by atoms with Crippen molar-refractivity contribution in [2.24, 2.45) is 0 Å². The minimum atomic E-state index is -0.409. The van der Waals surface area contributed by atoms with Gasteiger partial charge >= 0.3 is 0 Å². The quantitative estimate of drug-likeness (QED) is 0.313. The predicted molar refractivity (Wildman–Crippen MR) is 113 cm³/mol. The van der Waals surface area contributed by atoms with E-state index in [0.29, 0.717) is 23.9 Å². The summed E-state index contributed by atoms with van der Waals surface area (Å²) in [6.45, 7) is 8.43. The zero-order chi connectivity index (χ0) is 21.1. The maximum Gasteiger partial charge on any atom is 0.234 e. The summed E-state index contributed by atoms with van der Waals surface area (Å²) < 4.78 is 23.3. The van der Waals surface area contributed by atoms with E-state index >= 15 is 0 Å². The number of fused-ring (bicyclic) bond motifs is 1. The van der Waals surface area contributed by atoms with Crippen LogP contribution in [0.5, 0.6) is 5.75 Å². The van der Waals surface area contributed by atoms with E-state index in [2.05, 4.69) is 26.7 Å². The van der Waals surface area contributed by atoms with Gasteiger partial charge in [-0.1, -0.05) is 30.0 Å². The van der Waals surface area contributed by atoms with Crippen LogP contribution in [0.2, 0.25) is 0 Å². The molecule has 0 bridgehead atoms. The maximum absolute atomic E-state index is 13.8. The van der Waals surface area contributed by atoms with E-state index in [4.69, 9.17) is 4.74 Å². The summed E-state index contributed by atoms with van der Waals surface area (Å²) in [7, 11) is 0. The highest BCUT2D eigenvalue weighted by atomic mass is 32.2. The van der Waals surface area contributed by atoms with Crippen LogP contribution in [0, 0.1) is 19.7 Å². The molecule has 1 aromatic carbocycles. The predicted octanol–water partition coefficient (Wildman–Crippen LogP) is 4.13. The van der Waals surface area contributed by atoms with Gasteiger partial charge < -0.3 is 4.74 Å². The molecule has 0 N–H and O–H groups in total. The van der Waals surface area contributed by atoms with Crippen molar-refractivity contribution in [2.75, 3.05) is 0 Å².